The molecule has 1 aliphatic rings. The van der Waals surface area contributed by atoms with Crippen molar-refractivity contribution in [3.05, 3.63) is 35.9 Å². The molecule has 0 spiro atoms. The Labute approximate surface area is 149 Å². The molecule has 0 aromatic heterocycles. The molecule has 1 aliphatic heterocycles. The highest BCUT2D eigenvalue weighted by Crippen LogP contribution is 2.44. The van der Waals surface area contributed by atoms with Gasteiger partial charge < -0.3 is 14.7 Å². The van der Waals surface area contributed by atoms with E-state index in [-0.39, 0.29) is 18.6 Å². The number of carbonyl (C=O) groups is 2. The van der Waals surface area contributed by atoms with Crippen LogP contribution < -0.4 is 0 Å². The molecule has 6 nitrogen and oxygen atoms in total. The van der Waals surface area contributed by atoms with E-state index in [2.05, 4.69) is 0 Å². The third kappa shape index (κ3) is 4.02. The molecule has 1 heterocycles. The molecule has 1 N–H and O–H groups in total. The third-order valence-corrected chi connectivity index (χ3v) is 4.53. The van der Waals surface area contributed by atoms with Crippen LogP contribution in [-0.4, -0.2) is 60.1 Å². The van der Waals surface area contributed by atoms with Gasteiger partial charge in [0.2, 0.25) is 5.91 Å². The van der Waals surface area contributed by atoms with Gasteiger partial charge in [0.15, 0.2) is 5.72 Å². The van der Waals surface area contributed by atoms with Crippen molar-refractivity contribution in [2.24, 2.45) is 5.92 Å². The lowest BCUT2D eigenvalue weighted by Crippen LogP contribution is -2.61. The van der Waals surface area contributed by atoms with Gasteiger partial charge >= 0.3 is 5.97 Å². The lowest BCUT2D eigenvalue weighted by atomic mass is 9.79. The topological polar surface area (TPSA) is 70.1 Å². The second-order valence-corrected chi connectivity index (χ2v) is 6.97. The summed E-state index contributed by atoms with van der Waals surface area (Å²) in [5, 5.41) is 9.42. The van der Waals surface area contributed by atoms with E-state index in [1.165, 1.54) is 0 Å². The number of aliphatic carboxylic acids is 1. The normalized spacial score (nSPS) is 24.3. The van der Waals surface area contributed by atoms with Crippen LogP contribution in [0.1, 0.15) is 32.3 Å². The quantitative estimate of drug-likeness (QED) is 0.853. The van der Waals surface area contributed by atoms with Crippen LogP contribution in [-0.2, 0) is 20.1 Å². The Kier molecular flexibility index (Phi) is 6.19. The molecule has 1 fully saturated rings. The molecular weight excluding hydrogens is 320 g/mol. The molecule has 1 amide bonds. The lowest BCUT2D eigenvalue weighted by molar-refractivity contribution is -0.236. The molecule has 0 radical (unpaired) electrons. The first kappa shape index (κ1) is 19.4. The van der Waals surface area contributed by atoms with Gasteiger partial charge in [0.05, 0.1) is 18.6 Å². The summed E-state index contributed by atoms with van der Waals surface area (Å²) in [6.45, 7) is 4.23. The van der Waals surface area contributed by atoms with Gasteiger partial charge in [0.1, 0.15) is 0 Å². The summed E-state index contributed by atoms with van der Waals surface area (Å²) in [6.07, 6.45) is 1.26. The van der Waals surface area contributed by atoms with E-state index in [1.807, 2.05) is 44.2 Å². The zero-order chi connectivity index (χ0) is 18.6. The summed E-state index contributed by atoms with van der Waals surface area (Å²) in [4.78, 5) is 27.8. The molecule has 1 saturated heterocycles. The number of nitrogens with zero attached hydrogens (tertiary/aromatic N) is 2. The van der Waals surface area contributed by atoms with Crippen molar-refractivity contribution < 1.29 is 19.4 Å². The molecule has 0 bridgehead atoms. The highest BCUT2D eigenvalue weighted by Gasteiger charge is 2.53. The van der Waals surface area contributed by atoms with Crippen molar-refractivity contribution in [3.8, 4) is 0 Å². The summed E-state index contributed by atoms with van der Waals surface area (Å²) in [6, 6.07) is 9.52. The minimum absolute atomic E-state index is 0.0420. The van der Waals surface area contributed by atoms with Gasteiger partial charge in [-0.15, -0.1) is 0 Å². The van der Waals surface area contributed by atoms with Gasteiger partial charge in [-0.2, -0.15) is 0 Å². The first-order valence-corrected chi connectivity index (χ1v) is 8.70. The van der Waals surface area contributed by atoms with Gasteiger partial charge in [-0.1, -0.05) is 30.3 Å². The summed E-state index contributed by atoms with van der Waals surface area (Å²) in [7, 11) is 3.45. The molecule has 2 atom stereocenters. The number of hydrogen-bond acceptors (Lipinski definition) is 4. The van der Waals surface area contributed by atoms with E-state index in [0.717, 1.165) is 12.0 Å². The van der Waals surface area contributed by atoms with Crippen LogP contribution in [0.4, 0.5) is 0 Å². The number of carboxylic acids is 1. The van der Waals surface area contributed by atoms with E-state index in [9.17, 15) is 14.7 Å². The Morgan fingerprint density at radius 2 is 1.96 bits per heavy atom. The van der Waals surface area contributed by atoms with Crippen molar-refractivity contribution in [2.45, 2.75) is 38.5 Å². The third-order valence-electron chi connectivity index (χ3n) is 4.53. The van der Waals surface area contributed by atoms with Crippen molar-refractivity contribution in [2.75, 3.05) is 27.2 Å². The number of ether oxygens (including phenoxy) is 1. The maximum absolute atomic E-state index is 13.0. The number of hydrogen-bond donors (Lipinski definition) is 1. The van der Waals surface area contributed by atoms with Crippen LogP contribution in [0, 0.1) is 5.92 Å². The molecule has 0 saturated carbocycles. The number of carbonyl (C=O) groups excluding carboxylic acids is 1. The van der Waals surface area contributed by atoms with Crippen LogP contribution in [0.15, 0.2) is 30.3 Å². The van der Waals surface area contributed by atoms with Gasteiger partial charge in [-0.3, -0.25) is 14.5 Å². The maximum Gasteiger partial charge on any atom is 0.317 e. The Hall–Kier alpha value is -1.92. The second kappa shape index (κ2) is 7.97. The largest absolute Gasteiger partial charge is 0.480 e. The Balaban J connectivity index is 2.64. The fraction of sp³-hybridized carbons (Fsp3) is 0.579. The van der Waals surface area contributed by atoms with Crippen molar-refractivity contribution in [1.29, 1.82) is 0 Å². The average molecular weight is 348 g/mol. The Morgan fingerprint density at radius 3 is 2.48 bits per heavy atom. The zero-order valence-electron chi connectivity index (χ0n) is 15.4. The summed E-state index contributed by atoms with van der Waals surface area (Å²) < 4.78 is 6.38. The standard InChI is InChI=1S/C19H28N2O4/c1-14(2)25-19(15-9-6-5-7-10-15)16(18(24)20(3)4)11-8-12-21(19)13-17(22)23/h5-7,9-10,14,16H,8,11-13H2,1-4H3,(H,22,23). The molecule has 0 aliphatic carbocycles. The number of rotatable bonds is 6. The summed E-state index contributed by atoms with van der Waals surface area (Å²) in [5.41, 5.74) is -0.252. The van der Waals surface area contributed by atoms with Gasteiger partial charge in [0, 0.05) is 20.6 Å². The highest BCUT2D eigenvalue weighted by atomic mass is 16.5. The van der Waals surface area contributed by atoms with Crippen LogP contribution in [0.2, 0.25) is 0 Å². The molecule has 1 aromatic carbocycles. The van der Waals surface area contributed by atoms with Crippen LogP contribution >= 0.6 is 0 Å². The average Bonchev–Trinajstić information content (AvgIpc) is 2.55. The van der Waals surface area contributed by atoms with Crippen molar-refractivity contribution in [3.63, 3.8) is 0 Å². The molecule has 138 valence electrons. The first-order chi connectivity index (χ1) is 11.8. The molecule has 2 unspecified atom stereocenters. The van der Waals surface area contributed by atoms with Gasteiger partial charge in [-0.25, -0.2) is 0 Å². The maximum atomic E-state index is 13.0. The predicted molar refractivity (Wildman–Crippen MR) is 95.0 cm³/mol. The predicted octanol–water partition coefficient (Wildman–Crippen LogP) is 2.15. The molecule has 2 rings (SSSR count). The number of amides is 1. The second-order valence-electron chi connectivity index (χ2n) is 6.97. The van der Waals surface area contributed by atoms with E-state index >= 15 is 0 Å². The molecule has 6 heteroatoms. The number of piperidine rings is 1. The molecular formula is C19H28N2O4. The number of benzene rings is 1. The fourth-order valence-corrected chi connectivity index (χ4v) is 3.68. The van der Waals surface area contributed by atoms with E-state index in [1.54, 1.807) is 23.9 Å². The van der Waals surface area contributed by atoms with Crippen molar-refractivity contribution >= 4 is 11.9 Å². The van der Waals surface area contributed by atoms with Crippen molar-refractivity contribution in [1.82, 2.24) is 9.80 Å². The van der Waals surface area contributed by atoms with Crippen LogP contribution in [0.3, 0.4) is 0 Å². The van der Waals surface area contributed by atoms with Crippen LogP contribution in [0.5, 0.6) is 0 Å². The molecule has 1 aromatic rings. The lowest BCUT2D eigenvalue weighted by Gasteiger charge is -2.51. The molecule has 25 heavy (non-hydrogen) atoms. The van der Waals surface area contributed by atoms with Gasteiger partial charge in [-0.05, 0) is 32.3 Å². The van der Waals surface area contributed by atoms with E-state index < -0.39 is 17.6 Å². The minimum atomic E-state index is -1.08. The van der Waals surface area contributed by atoms with Gasteiger partial charge in [0.25, 0.3) is 0 Å². The van der Waals surface area contributed by atoms with Crippen LogP contribution in [0.25, 0.3) is 0 Å². The monoisotopic (exact) mass is 348 g/mol. The fourth-order valence-electron chi connectivity index (χ4n) is 3.68. The SMILES string of the molecule is CC(C)OC1(c2ccccc2)C(C(=O)N(C)C)CCCN1CC(=O)O. The Morgan fingerprint density at radius 1 is 1.32 bits per heavy atom. The summed E-state index contributed by atoms with van der Waals surface area (Å²) >= 11 is 0. The Bertz CT molecular complexity index is 603. The smallest absolute Gasteiger partial charge is 0.317 e. The van der Waals surface area contributed by atoms with E-state index in [4.69, 9.17) is 4.74 Å². The minimum Gasteiger partial charge on any atom is -0.480 e. The first-order valence-electron chi connectivity index (χ1n) is 8.70. The zero-order valence-corrected chi connectivity index (χ0v) is 15.4. The van der Waals surface area contributed by atoms with E-state index in [0.29, 0.717) is 13.0 Å². The number of carboxylic acid groups (broad SMARTS) is 1. The summed E-state index contributed by atoms with van der Waals surface area (Å²) in [5.74, 6) is -1.43. The highest BCUT2D eigenvalue weighted by molar-refractivity contribution is 5.80. The number of likely N-dealkylation sites (tertiary alicyclic amines) is 1.